The highest BCUT2D eigenvalue weighted by atomic mass is 32.1. The molecular weight excluding hydrogens is 412 g/mol. The van der Waals surface area contributed by atoms with Crippen LogP contribution in [0.1, 0.15) is 26.3 Å². The molecule has 0 radical (unpaired) electrons. The van der Waals surface area contributed by atoms with Gasteiger partial charge in [0.1, 0.15) is 5.75 Å². The zero-order chi connectivity index (χ0) is 21.8. The number of thiazole rings is 1. The molecule has 0 fully saturated rings. The van der Waals surface area contributed by atoms with Crippen LogP contribution in [-0.4, -0.2) is 31.1 Å². The normalized spacial score (nSPS) is 10.6. The van der Waals surface area contributed by atoms with Gasteiger partial charge in [-0.2, -0.15) is 0 Å². The Morgan fingerprint density at radius 1 is 0.935 bits per heavy atom. The minimum Gasteiger partial charge on any atom is -0.497 e. The number of hydrogen-bond donors (Lipinski definition) is 0. The smallest absolute Gasteiger partial charge is 0.337 e. The van der Waals surface area contributed by atoms with Gasteiger partial charge in [0.15, 0.2) is 5.13 Å². The van der Waals surface area contributed by atoms with Gasteiger partial charge in [-0.1, -0.05) is 41.7 Å². The largest absolute Gasteiger partial charge is 0.497 e. The molecule has 0 bridgehead atoms. The van der Waals surface area contributed by atoms with Gasteiger partial charge in [-0.3, -0.25) is 9.69 Å². The van der Waals surface area contributed by atoms with E-state index in [2.05, 4.69) is 4.98 Å². The lowest BCUT2D eigenvalue weighted by molar-refractivity contribution is 0.0600. The summed E-state index contributed by atoms with van der Waals surface area (Å²) >= 11 is 1.43. The highest BCUT2D eigenvalue weighted by molar-refractivity contribution is 7.22. The van der Waals surface area contributed by atoms with Crippen LogP contribution in [-0.2, 0) is 11.3 Å². The lowest BCUT2D eigenvalue weighted by atomic mass is 10.1. The van der Waals surface area contributed by atoms with E-state index >= 15 is 0 Å². The van der Waals surface area contributed by atoms with E-state index in [4.69, 9.17) is 9.47 Å². The first-order chi connectivity index (χ1) is 15.1. The van der Waals surface area contributed by atoms with Gasteiger partial charge in [-0.15, -0.1) is 0 Å². The van der Waals surface area contributed by atoms with Crippen LogP contribution >= 0.6 is 11.3 Å². The fraction of sp³-hybridized carbons (Fsp3) is 0.125. The first-order valence-corrected chi connectivity index (χ1v) is 10.4. The number of nitrogens with zero attached hydrogens (tertiary/aromatic N) is 2. The molecule has 0 aliphatic carbocycles. The highest BCUT2D eigenvalue weighted by Gasteiger charge is 2.22. The number of carbonyl (C=O) groups is 2. The summed E-state index contributed by atoms with van der Waals surface area (Å²) in [6.45, 7) is 0.370. The maximum atomic E-state index is 13.5. The first kappa shape index (κ1) is 20.6. The van der Waals surface area contributed by atoms with Crippen LogP contribution in [0.15, 0.2) is 72.8 Å². The van der Waals surface area contributed by atoms with Crippen LogP contribution < -0.4 is 9.64 Å². The molecule has 1 aromatic heterocycles. The number of carbonyl (C=O) groups excluding carboxylic acids is 2. The van der Waals surface area contributed by atoms with Crippen LogP contribution in [0, 0.1) is 0 Å². The number of methoxy groups -OCH3 is 2. The summed E-state index contributed by atoms with van der Waals surface area (Å²) in [5.41, 5.74) is 2.63. The van der Waals surface area contributed by atoms with Crippen molar-refractivity contribution < 1.29 is 19.1 Å². The number of benzene rings is 3. The Balaban J connectivity index is 1.72. The maximum Gasteiger partial charge on any atom is 0.337 e. The Labute approximate surface area is 183 Å². The number of anilines is 1. The molecule has 0 atom stereocenters. The summed E-state index contributed by atoms with van der Waals surface area (Å²) in [4.78, 5) is 31.5. The molecule has 1 heterocycles. The standard InChI is InChI=1S/C24H20N2O4S/c1-29-19-12-13-20-21(14-19)31-24(25-20)26(15-16-6-4-3-5-7-16)22(27)17-8-10-18(11-9-17)23(28)30-2/h3-14H,15H2,1-2H3. The van der Waals surface area contributed by atoms with Crippen molar-refractivity contribution >= 4 is 38.6 Å². The number of esters is 1. The number of ether oxygens (including phenoxy) is 2. The van der Waals surface area contributed by atoms with Gasteiger partial charge < -0.3 is 9.47 Å². The Morgan fingerprint density at radius 2 is 1.65 bits per heavy atom. The molecule has 0 unspecified atom stereocenters. The highest BCUT2D eigenvalue weighted by Crippen LogP contribution is 2.33. The number of amides is 1. The molecule has 0 saturated heterocycles. The number of aromatic nitrogens is 1. The molecule has 156 valence electrons. The van der Waals surface area contributed by atoms with E-state index in [1.165, 1.54) is 18.4 Å². The summed E-state index contributed by atoms with van der Waals surface area (Å²) in [6, 6.07) is 21.8. The molecule has 4 rings (SSSR count). The fourth-order valence-electron chi connectivity index (χ4n) is 3.15. The first-order valence-electron chi connectivity index (χ1n) is 9.58. The number of rotatable bonds is 6. The Morgan fingerprint density at radius 3 is 2.32 bits per heavy atom. The van der Waals surface area contributed by atoms with Gasteiger partial charge in [-0.25, -0.2) is 9.78 Å². The lowest BCUT2D eigenvalue weighted by Crippen LogP contribution is -2.30. The van der Waals surface area contributed by atoms with E-state index in [9.17, 15) is 9.59 Å². The second-order valence-corrected chi connectivity index (χ2v) is 7.79. The van der Waals surface area contributed by atoms with Crippen LogP contribution in [0.5, 0.6) is 5.75 Å². The van der Waals surface area contributed by atoms with E-state index < -0.39 is 5.97 Å². The number of fused-ring (bicyclic) bond motifs is 1. The average Bonchev–Trinajstić information content (AvgIpc) is 3.25. The van der Waals surface area contributed by atoms with Crippen LogP contribution in [0.25, 0.3) is 10.2 Å². The molecule has 0 N–H and O–H groups in total. The summed E-state index contributed by atoms with van der Waals surface area (Å²) in [5, 5.41) is 0.592. The predicted octanol–water partition coefficient (Wildman–Crippen LogP) is 4.94. The molecule has 31 heavy (non-hydrogen) atoms. The van der Waals surface area contributed by atoms with Crippen molar-refractivity contribution in [2.75, 3.05) is 19.1 Å². The zero-order valence-corrected chi connectivity index (χ0v) is 17.9. The second-order valence-electron chi connectivity index (χ2n) is 6.78. The molecular formula is C24H20N2O4S. The molecule has 0 saturated carbocycles. The van der Waals surface area contributed by atoms with Crippen LogP contribution in [0.4, 0.5) is 5.13 Å². The van der Waals surface area contributed by atoms with Gasteiger partial charge in [0.2, 0.25) is 0 Å². The Kier molecular flexibility index (Phi) is 5.95. The van der Waals surface area contributed by atoms with Gasteiger partial charge in [0.05, 0.1) is 36.5 Å². The third-order valence-corrected chi connectivity index (χ3v) is 5.84. The SMILES string of the molecule is COC(=O)c1ccc(C(=O)N(Cc2ccccc2)c2nc3ccc(OC)cc3s2)cc1. The van der Waals surface area contributed by atoms with E-state index in [-0.39, 0.29) is 5.91 Å². The molecule has 0 spiro atoms. The molecule has 3 aromatic carbocycles. The van der Waals surface area contributed by atoms with Gasteiger partial charge in [0.25, 0.3) is 5.91 Å². The summed E-state index contributed by atoms with van der Waals surface area (Å²) in [7, 11) is 2.94. The zero-order valence-electron chi connectivity index (χ0n) is 17.1. The molecule has 7 heteroatoms. The lowest BCUT2D eigenvalue weighted by Gasteiger charge is -2.20. The molecule has 6 nitrogen and oxygen atoms in total. The average molecular weight is 433 g/mol. The van der Waals surface area contributed by atoms with Crippen LogP contribution in [0.3, 0.4) is 0 Å². The van der Waals surface area contributed by atoms with E-state index in [1.807, 2.05) is 48.5 Å². The van der Waals surface area contributed by atoms with Crippen molar-refractivity contribution in [2.45, 2.75) is 6.54 Å². The maximum absolute atomic E-state index is 13.5. The van der Waals surface area contributed by atoms with Crippen molar-refractivity contribution in [3.63, 3.8) is 0 Å². The Bertz CT molecular complexity index is 1220. The predicted molar refractivity (Wildman–Crippen MR) is 121 cm³/mol. The van der Waals surface area contributed by atoms with Gasteiger partial charge in [0, 0.05) is 5.56 Å². The molecule has 0 aliphatic heterocycles. The van der Waals surface area contributed by atoms with Gasteiger partial charge >= 0.3 is 5.97 Å². The second kappa shape index (κ2) is 8.97. The summed E-state index contributed by atoms with van der Waals surface area (Å²) in [6.07, 6.45) is 0. The monoisotopic (exact) mass is 432 g/mol. The minimum atomic E-state index is -0.444. The van der Waals surface area contributed by atoms with Crippen molar-refractivity contribution in [3.8, 4) is 5.75 Å². The Hall–Kier alpha value is -3.71. The van der Waals surface area contributed by atoms with Crippen molar-refractivity contribution in [1.82, 2.24) is 4.98 Å². The summed E-state index contributed by atoms with van der Waals surface area (Å²) < 4.78 is 11.0. The third kappa shape index (κ3) is 4.41. The van der Waals surface area contributed by atoms with Crippen molar-refractivity contribution in [3.05, 3.63) is 89.5 Å². The molecule has 0 aliphatic rings. The fourth-order valence-corrected chi connectivity index (χ4v) is 4.14. The van der Waals surface area contributed by atoms with Crippen molar-refractivity contribution in [2.24, 2.45) is 0 Å². The molecule has 1 amide bonds. The van der Waals surface area contributed by atoms with E-state index in [0.29, 0.717) is 22.8 Å². The van der Waals surface area contributed by atoms with Gasteiger partial charge in [-0.05, 0) is 48.0 Å². The number of hydrogen-bond acceptors (Lipinski definition) is 6. The van der Waals surface area contributed by atoms with E-state index in [0.717, 1.165) is 21.5 Å². The molecule has 4 aromatic rings. The van der Waals surface area contributed by atoms with Crippen LogP contribution in [0.2, 0.25) is 0 Å². The minimum absolute atomic E-state index is 0.203. The topological polar surface area (TPSA) is 68.7 Å². The quantitative estimate of drug-likeness (QED) is 0.404. The summed E-state index contributed by atoms with van der Waals surface area (Å²) in [5.74, 6) is 0.0913. The van der Waals surface area contributed by atoms with E-state index in [1.54, 1.807) is 36.3 Å². The third-order valence-electron chi connectivity index (χ3n) is 4.80. The van der Waals surface area contributed by atoms with Crippen molar-refractivity contribution in [1.29, 1.82) is 0 Å².